The number of carbonyl (C=O) groups excluding carboxylic acids is 1. The van der Waals surface area contributed by atoms with Crippen LogP contribution in [-0.4, -0.2) is 30.4 Å². The molecule has 13 heavy (non-hydrogen) atoms. The predicted molar refractivity (Wildman–Crippen MR) is 51.1 cm³/mol. The molecule has 2 fully saturated rings. The van der Waals surface area contributed by atoms with Crippen molar-refractivity contribution in [3.05, 3.63) is 0 Å². The molecule has 1 aliphatic heterocycles. The molecule has 1 aliphatic carbocycles. The van der Waals surface area contributed by atoms with Gasteiger partial charge in [-0.2, -0.15) is 0 Å². The number of carbonyl (C=O) groups is 1. The topological polar surface area (TPSA) is 46.3 Å². The molecule has 1 saturated carbocycles. The first kappa shape index (κ1) is 9.00. The van der Waals surface area contributed by atoms with Crippen LogP contribution in [0, 0.1) is 11.8 Å². The monoisotopic (exact) mass is 182 g/mol. The second-order valence-electron chi connectivity index (χ2n) is 4.38. The molecule has 3 nitrogen and oxygen atoms in total. The molecule has 1 saturated heterocycles. The largest absolute Gasteiger partial charge is 0.342 e. The Bertz CT molecular complexity index is 201. The van der Waals surface area contributed by atoms with Gasteiger partial charge in [0.2, 0.25) is 5.91 Å². The molecular formula is C10H18N2O. The van der Waals surface area contributed by atoms with Gasteiger partial charge >= 0.3 is 0 Å². The van der Waals surface area contributed by atoms with Crippen LogP contribution in [0.3, 0.4) is 0 Å². The normalized spacial score (nSPS) is 29.5. The number of rotatable bonds is 3. The fraction of sp³-hybridized carbons (Fsp3) is 0.900. The molecule has 0 aromatic carbocycles. The fourth-order valence-corrected chi connectivity index (χ4v) is 1.95. The van der Waals surface area contributed by atoms with E-state index in [1.165, 1.54) is 12.8 Å². The van der Waals surface area contributed by atoms with Gasteiger partial charge in [-0.15, -0.1) is 0 Å². The van der Waals surface area contributed by atoms with Crippen molar-refractivity contribution in [3.8, 4) is 0 Å². The summed E-state index contributed by atoms with van der Waals surface area (Å²) in [5.41, 5.74) is 5.55. The van der Waals surface area contributed by atoms with E-state index in [-0.39, 0.29) is 0 Å². The van der Waals surface area contributed by atoms with Crippen LogP contribution < -0.4 is 5.73 Å². The molecule has 0 spiro atoms. The van der Waals surface area contributed by atoms with Gasteiger partial charge in [0, 0.05) is 19.5 Å². The average Bonchev–Trinajstić information content (AvgIpc) is 2.92. The van der Waals surface area contributed by atoms with Gasteiger partial charge in [0.1, 0.15) is 0 Å². The first-order valence-electron chi connectivity index (χ1n) is 5.27. The van der Waals surface area contributed by atoms with Crippen LogP contribution in [0.2, 0.25) is 0 Å². The minimum absolute atomic E-state index is 0.327. The van der Waals surface area contributed by atoms with E-state index in [1.54, 1.807) is 0 Å². The average molecular weight is 182 g/mol. The summed E-state index contributed by atoms with van der Waals surface area (Å²) in [7, 11) is 0. The van der Waals surface area contributed by atoms with Crippen LogP contribution in [0.4, 0.5) is 0 Å². The van der Waals surface area contributed by atoms with Crippen LogP contribution in [0.15, 0.2) is 0 Å². The standard InChI is InChI=1S/C10H18N2O/c11-6-9-3-4-12(10(13)5-9)7-8-1-2-8/h8-9H,1-7,11H2/t9-/m0/s1. The van der Waals surface area contributed by atoms with Gasteiger partial charge in [0.15, 0.2) is 0 Å². The molecule has 0 aromatic rings. The Balaban J connectivity index is 1.81. The lowest BCUT2D eigenvalue weighted by atomic mass is 9.96. The Morgan fingerprint density at radius 3 is 2.62 bits per heavy atom. The van der Waals surface area contributed by atoms with Crippen LogP contribution in [0.25, 0.3) is 0 Å². The molecule has 1 heterocycles. The summed E-state index contributed by atoms with van der Waals surface area (Å²) >= 11 is 0. The molecule has 2 N–H and O–H groups in total. The summed E-state index contributed by atoms with van der Waals surface area (Å²) in [4.78, 5) is 13.6. The third-order valence-electron chi connectivity index (χ3n) is 3.13. The summed E-state index contributed by atoms with van der Waals surface area (Å²) < 4.78 is 0. The van der Waals surface area contributed by atoms with Crippen molar-refractivity contribution in [2.75, 3.05) is 19.6 Å². The molecule has 1 atom stereocenters. The summed E-state index contributed by atoms with van der Waals surface area (Å²) in [5, 5.41) is 0. The third kappa shape index (κ3) is 2.21. The van der Waals surface area contributed by atoms with Crippen molar-refractivity contribution in [2.45, 2.75) is 25.7 Å². The Morgan fingerprint density at radius 2 is 2.08 bits per heavy atom. The zero-order chi connectivity index (χ0) is 9.26. The Kier molecular flexibility index (Phi) is 2.54. The quantitative estimate of drug-likeness (QED) is 0.694. The molecule has 0 unspecified atom stereocenters. The Morgan fingerprint density at radius 1 is 1.31 bits per heavy atom. The van der Waals surface area contributed by atoms with Crippen molar-refractivity contribution in [3.63, 3.8) is 0 Å². The smallest absolute Gasteiger partial charge is 0.222 e. The number of nitrogens with zero attached hydrogens (tertiary/aromatic N) is 1. The van der Waals surface area contributed by atoms with E-state index in [0.29, 0.717) is 24.8 Å². The number of hydrogen-bond acceptors (Lipinski definition) is 2. The summed E-state index contributed by atoms with van der Waals surface area (Å²) in [6, 6.07) is 0. The van der Waals surface area contributed by atoms with Gasteiger partial charge in [0.05, 0.1) is 0 Å². The maximum atomic E-state index is 11.6. The fourth-order valence-electron chi connectivity index (χ4n) is 1.95. The lowest BCUT2D eigenvalue weighted by Crippen LogP contribution is -2.41. The van der Waals surface area contributed by atoms with E-state index >= 15 is 0 Å². The summed E-state index contributed by atoms with van der Waals surface area (Å²) in [6.45, 7) is 2.62. The van der Waals surface area contributed by atoms with Crippen molar-refractivity contribution in [1.82, 2.24) is 4.90 Å². The van der Waals surface area contributed by atoms with Gasteiger partial charge < -0.3 is 10.6 Å². The van der Waals surface area contributed by atoms with Gasteiger partial charge in [-0.3, -0.25) is 4.79 Å². The first-order valence-corrected chi connectivity index (χ1v) is 5.27. The first-order chi connectivity index (χ1) is 6.29. The lowest BCUT2D eigenvalue weighted by Gasteiger charge is -2.31. The summed E-state index contributed by atoms with van der Waals surface area (Å²) in [6.07, 6.45) is 4.44. The van der Waals surface area contributed by atoms with E-state index in [2.05, 4.69) is 0 Å². The molecule has 3 heteroatoms. The second kappa shape index (κ2) is 3.66. The van der Waals surface area contributed by atoms with Gasteiger partial charge in [-0.05, 0) is 37.6 Å². The van der Waals surface area contributed by atoms with Crippen LogP contribution in [0.1, 0.15) is 25.7 Å². The summed E-state index contributed by atoms with van der Waals surface area (Å²) in [5.74, 6) is 1.59. The van der Waals surface area contributed by atoms with Gasteiger partial charge in [-0.1, -0.05) is 0 Å². The maximum absolute atomic E-state index is 11.6. The number of nitrogens with two attached hydrogens (primary N) is 1. The van der Waals surface area contributed by atoms with Crippen molar-refractivity contribution >= 4 is 5.91 Å². The number of likely N-dealkylation sites (tertiary alicyclic amines) is 1. The highest BCUT2D eigenvalue weighted by molar-refractivity contribution is 5.77. The molecule has 0 aromatic heterocycles. The number of piperidine rings is 1. The van der Waals surface area contributed by atoms with Crippen LogP contribution in [0.5, 0.6) is 0 Å². The molecular weight excluding hydrogens is 164 g/mol. The lowest BCUT2D eigenvalue weighted by molar-refractivity contribution is -0.135. The zero-order valence-corrected chi connectivity index (χ0v) is 8.04. The van der Waals surface area contributed by atoms with E-state index < -0.39 is 0 Å². The Hall–Kier alpha value is -0.570. The van der Waals surface area contributed by atoms with Crippen molar-refractivity contribution < 1.29 is 4.79 Å². The van der Waals surface area contributed by atoms with E-state index in [0.717, 1.165) is 25.4 Å². The number of hydrogen-bond donors (Lipinski definition) is 1. The molecule has 2 aliphatic rings. The molecule has 0 bridgehead atoms. The molecule has 0 radical (unpaired) electrons. The highest BCUT2D eigenvalue weighted by atomic mass is 16.2. The van der Waals surface area contributed by atoms with Crippen molar-refractivity contribution in [2.24, 2.45) is 17.6 Å². The highest BCUT2D eigenvalue weighted by Crippen LogP contribution is 2.31. The molecule has 74 valence electrons. The SMILES string of the molecule is NC[C@H]1CCN(CC2CC2)C(=O)C1. The third-order valence-corrected chi connectivity index (χ3v) is 3.13. The van der Waals surface area contributed by atoms with Gasteiger partial charge in [0.25, 0.3) is 0 Å². The molecule has 2 rings (SSSR count). The Labute approximate surface area is 79.3 Å². The predicted octanol–water partition coefficient (Wildman–Crippen LogP) is 0.594. The maximum Gasteiger partial charge on any atom is 0.222 e. The minimum Gasteiger partial charge on any atom is -0.342 e. The number of amides is 1. The van der Waals surface area contributed by atoms with Crippen LogP contribution >= 0.6 is 0 Å². The second-order valence-corrected chi connectivity index (χ2v) is 4.38. The van der Waals surface area contributed by atoms with E-state index in [4.69, 9.17) is 5.73 Å². The van der Waals surface area contributed by atoms with Gasteiger partial charge in [-0.25, -0.2) is 0 Å². The highest BCUT2D eigenvalue weighted by Gasteiger charge is 2.30. The van der Waals surface area contributed by atoms with Crippen molar-refractivity contribution in [1.29, 1.82) is 0 Å². The molecule has 1 amide bonds. The zero-order valence-electron chi connectivity index (χ0n) is 8.04. The van der Waals surface area contributed by atoms with E-state index in [9.17, 15) is 4.79 Å². The van der Waals surface area contributed by atoms with E-state index in [1.807, 2.05) is 4.90 Å². The minimum atomic E-state index is 0.327. The van der Waals surface area contributed by atoms with Crippen LogP contribution in [-0.2, 0) is 4.79 Å².